The standard InChI is InChI=1S/C21H26N6O.ClH/c1-15-12-16(2)27(24-15)14-17-4-6-18(7-5-17)21(28)26-11-8-22-13-19(26)20-23-9-10-25(20)3;/h4-7,9-10,12,19,22H,8,11,13-14H2,1-3H3;1H. The molecule has 0 spiro atoms. The fraction of sp³-hybridized carbons (Fsp3) is 0.381. The first-order chi connectivity index (χ1) is 13.5. The summed E-state index contributed by atoms with van der Waals surface area (Å²) in [5.41, 5.74) is 3.99. The highest BCUT2D eigenvalue weighted by Crippen LogP contribution is 2.23. The number of carbonyl (C=O) groups is 1. The SMILES string of the molecule is Cc1cc(C)n(Cc2ccc(C(=O)N3CCNCC3c3nccn3C)cc2)n1.Cl. The summed E-state index contributed by atoms with van der Waals surface area (Å²) in [6.45, 7) is 6.94. The molecule has 1 aliphatic rings. The minimum absolute atomic E-state index is 0. The van der Waals surface area contributed by atoms with E-state index in [1.807, 2.05) is 58.6 Å². The Kier molecular flexibility index (Phi) is 6.39. The molecule has 0 bridgehead atoms. The number of hydrogen-bond donors (Lipinski definition) is 1. The molecule has 1 atom stereocenters. The molecular formula is C21H27ClN6O. The summed E-state index contributed by atoms with van der Waals surface area (Å²) in [4.78, 5) is 19.6. The number of halogens is 1. The van der Waals surface area contributed by atoms with E-state index in [0.29, 0.717) is 25.2 Å². The number of imidazole rings is 1. The summed E-state index contributed by atoms with van der Waals surface area (Å²) in [6.07, 6.45) is 3.70. The van der Waals surface area contributed by atoms with Crippen LogP contribution in [0.3, 0.4) is 0 Å². The van der Waals surface area contributed by atoms with Crippen LogP contribution >= 0.6 is 12.4 Å². The smallest absolute Gasteiger partial charge is 0.254 e. The molecule has 2 aromatic heterocycles. The summed E-state index contributed by atoms with van der Waals surface area (Å²) < 4.78 is 3.97. The Bertz CT molecular complexity index is 977. The minimum atomic E-state index is -0.0596. The number of rotatable bonds is 4. The van der Waals surface area contributed by atoms with E-state index in [4.69, 9.17) is 0 Å². The molecule has 1 fully saturated rings. The molecule has 0 aliphatic carbocycles. The van der Waals surface area contributed by atoms with Crippen molar-refractivity contribution in [2.24, 2.45) is 7.05 Å². The molecule has 154 valence electrons. The molecule has 1 N–H and O–H groups in total. The van der Waals surface area contributed by atoms with E-state index in [1.54, 1.807) is 6.20 Å². The number of benzene rings is 1. The third-order valence-corrected chi connectivity index (χ3v) is 5.30. The summed E-state index contributed by atoms with van der Waals surface area (Å²) in [6, 6.07) is 9.88. The maximum Gasteiger partial charge on any atom is 0.254 e. The van der Waals surface area contributed by atoms with Gasteiger partial charge >= 0.3 is 0 Å². The van der Waals surface area contributed by atoms with Gasteiger partial charge in [-0.3, -0.25) is 9.48 Å². The largest absolute Gasteiger partial charge is 0.336 e. The lowest BCUT2D eigenvalue weighted by Crippen LogP contribution is -2.49. The van der Waals surface area contributed by atoms with Gasteiger partial charge in [0.1, 0.15) is 11.9 Å². The second kappa shape index (κ2) is 8.80. The van der Waals surface area contributed by atoms with Crippen LogP contribution in [0.5, 0.6) is 0 Å². The van der Waals surface area contributed by atoms with Crippen molar-refractivity contribution < 1.29 is 4.79 Å². The maximum absolute atomic E-state index is 13.2. The second-order valence-corrected chi connectivity index (χ2v) is 7.40. The Morgan fingerprint density at radius 1 is 1.24 bits per heavy atom. The molecule has 0 radical (unpaired) electrons. The topological polar surface area (TPSA) is 68.0 Å². The summed E-state index contributed by atoms with van der Waals surface area (Å²) in [5.74, 6) is 0.953. The molecule has 1 aromatic carbocycles. The van der Waals surface area contributed by atoms with Gasteiger partial charge in [-0.25, -0.2) is 4.98 Å². The highest BCUT2D eigenvalue weighted by molar-refractivity contribution is 5.94. The van der Waals surface area contributed by atoms with E-state index in [2.05, 4.69) is 28.4 Å². The van der Waals surface area contributed by atoms with Crippen LogP contribution in [0.15, 0.2) is 42.7 Å². The van der Waals surface area contributed by atoms with Gasteiger partial charge < -0.3 is 14.8 Å². The van der Waals surface area contributed by atoms with Crippen molar-refractivity contribution in [3.8, 4) is 0 Å². The van der Waals surface area contributed by atoms with E-state index >= 15 is 0 Å². The third kappa shape index (κ3) is 4.36. The lowest BCUT2D eigenvalue weighted by Gasteiger charge is -2.35. The highest BCUT2D eigenvalue weighted by Gasteiger charge is 2.30. The molecule has 1 amide bonds. The van der Waals surface area contributed by atoms with Gasteiger partial charge in [-0.2, -0.15) is 5.10 Å². The average Bonchev–Trinajstić information content (AvgIpc) is 3.26. The van der Waals surface area contributed by atoms with Gasteiger partial charge in [-0.15, -0.1) is 12.4 Å². The first-order valence-corrected chi connectivity index (χ1v) is 9.62. The number of nitrogens with one attached hydrogen (secondary N) is 1. The van der Waals surface area contributed by atoms with Crippen LogP contribution < -0.4 is 5.32 Å². The van der Waals surface area contributed by atoms with Gasteiger partial charge in [0.05, 0.1) is 12.2 Å². The van der Waals surface area contributed by atoms with E-state index in [-0.39, 0.29) is 24.4 Å². The molecule has 1 unspecified atom stereocenters. The zero-order valence-corrected chi connectivity index (χ0v) is 17.8. The molecule has 4 rings (SSSR count). The van der Waals surface area contributed by atoms with Gasteiger partial charge in [-0.05, 0) is 37.6 Å². The third-order valence-electron chi connectivity index (χ3n) is 5.30. The van der Waals surface area contributed by atoms with Crippen LogP contribution in [0, 0.1) is 13.8 Å². The zero-order chi connectivity index (χ0) is 19.7. The number of amides is 1. The van der Waals surface area contributed by atoms with Crippen molar-refractivity contribution in [1.29, 1.82) is 0 Å². The van der Waals surface area contributed by atoms with Gasteiger partial charge in [0.2, 0.25) is 0 Å². The highest BCUT2D eigenvalue weighted by atomic mass is 35.5. The van der Waals surface area contributed by atoms with Crippen molar-refractivity contribution in [2.45, 2.75) is 26.4 Å². The van der Waals surface area contributed by atoms with Gasteiger partial charge in [-0.1, -0.05) is 12.1 Å². The Morgan fingerprint density at radius 3 is 2.62 bits per heavy atom. The first kappa shape index (κ1) is 21.1. The number of hydrogen-bond acceptors (Lipinski definition) is 4. The quantitative estimate of drug-likeness (QED) is 0.712. The zero-order valence-electron chi connectivity index (χ0n) is 17.0. The molecule has 1 aliphatic heterocycles. The molecule has 29 heavy (non-hydrogen) atoms. The molecule has 0 saturated carbocycles. The van der Waals surface area contributed by atoms with Gasteiger partial charge in [0, 0.05) is 50.3 Å². The van der Waals surface area contributed by atoms with Crippen LogP contribution in [-0.4, -0.2) is 49.8 Å². The summed E-state index contributed by atoms with van der Waals surface area (Å²) in [5, 5.41) is 7.88. The second-order valence-electron chi connectivity index (χ2n) is 7.40. The van der Waals surface area contributed by atoms with Gasteiger partial charge in [0.15, 0.2) is 0 Å². The molecule has 1 saturated heterocycles. The number of carbonyl (C=O) groups excluding carboxylic acids is 1. The summed E-state index contributed by atoms with van der Waals surface area (Å²) in [7, 11) is 1.97. The molecule has 3 heterocycles. The van der Waals surface area contributed by atoms with Gasteiger partial charge in [0.25, 0.3) is 5.91 Å². The predicted molar refractivity (Wildman–Crippen MR) is 114 cm³/mol. The normalized spacial score (nSPS) is 16.5. The van der Waals surface area contributed by atoms with Crippen molar-refractivity contribution in [1.82, 2.24) is 29.5 Å². The van der Waals surface area contributed by atoms with E-state index in [0.717, 1.165) is 29.3 Å². The molecular weight excluding hydrogens is 388 g/mol. The van der Waals surface area contributed by atoms with Crippen molar-refractivity contribution in [2.75, 3.05) is 19.6 Å². The van der Waals surface area contributed by atoms with Crippen LogP contribution in [0.4, 0.5) is 0 Å². The van der Waals surface area contributed by atoms with E-state index in [9.17, 15) is 4.79 Å². The first-order valence-electron chi connectivity index (χ1n) is 9.62. The number of aromatic nitrogens is 4. The van der Waals surface area contributed by atoms with Crippen LogP contribution in [0.25, 0.3) is 0 Å². The lowest BCUT2D eigenvalue weighted by atomic mass is 10.1. The Morgan fingerprint density at radius 2 is 2.00 bits per heavy atom. The summed E-state index contributed by atoms with van der Waals surface area (Å²) >= 11 is 0. The number of aryl methyl sites for hydroxylation is 3. The van der Waals surface area contributed by atoms with Crippen molar-refractivity contribution >= 4 is 18.3 Å². The average molecular weight is 415 g/mol. The van der Waals surface area contributed by atoms with Crippen molar-refractivity contribution in [3.05, 3.63) is 71.1 Å². The fourth-order valence-corrected chi connectivity index (χ4v) is 3.80. The van der Waals surface area contributed by atoms with Crippen molar-refractivity contribution in [3.63, 3.8) is 0 Å². The van der Waals surface area contributed by atoms with E-state index in [1.165, 1.54) is 0 Å². The monoisotopic (exact) mass is 414 g/mol. The van der Waals surface area contributed by atoms with Crippen LogP contribution in [0.1, 0.15) is 39.2 Å². The predicted octanol–water partition coefficient (Wildman–Crippen LogP) is 2.49. The van der Waals surface area contributed by atoms with E-state index < -0.39 is 0 Å². The lowest BCUT2D eigenvalue weighted by molar-refractivity contribution is 0.0621. The number of nitrogens with zero attached hydrogens (tertiary/aromatic N) is 5. The Hall–Kier alpha value is -2.64. The molecule has 3 aromatic rings. The number of piperazine rings is 1. The fourth-order valence-electron chi connectivity index (χ4n) is 3.80. The molecule has 7 nitrogen and oxygen atoms in total. The maximum atomic E-state index is 13.2. The minimum Gasteiger partial charge on any atom is -0.336 e. The molecule has 8 heteroatoms. The van der Waals surface area contributed by atoms with Crippen LogP contribution in [0.2, 0.25) is 0 Å². The Labute approximate surface area is 177 Å². The van der Waals surface area contributed by atoms with Crippen LogP contribution in [-0.2, 0) is 13.6 Å². The Balaban J connectivity index is 0.00000240.